The van der Waals surface area contributed by atoms with Crippen molar-refractivity contribution < 1.29 is 0 Å². The maximum atomic E-state index is 4.41. The largest absolute Gasteiger partial charge is 0.356 e. The zero-order valence-electron chi connectivity index (χ0n) is 14.3. The highest BCUT2D eigenvalue weighted by Crippen LogP contribution is 2.31. The number of allylic oxidation sites excluding steroid dienone is 1. The van der Waals surface area contributed by atoms with Gasteiger partial charge in [0.05, 0.1) is 0 Å². The molecule has 0 spiro atoms. The van der Waals surface area contributed by atoms with Crippen molar-refractivity contribution in [1.29, 1.82) is 0 Å². The highest BCUT2D eigenvalue weighted by Gasteiger charge is 2.38. The lowest BCUT2D eigenvalue weighted by Crippen LogP contribution is -2.46. The Morgan fingerprint density at radius 1 is 1.32 bits per heavy atom. The second kappa shape index (κ2) is 7.49. The van der Waals surface area contributed by atoms with E-state index in [0.29, 0.717) is 12.0 Å². The van der Waals surface area contributed by atoms with Gasteiger partial charge in [-0.25, -0.2) is 0 Å². The average Bonchev–Trinajstić information content (AvgIpc) is 3.32. The minimum absolute atomic E-state index is 0.542. The van der Waals surface area contributed by atoms with Crippen molar-refractivity contribution >= 4 is 5.96 Å². The average molecular weight is 304 g/mol. The van der Waals surface area contributed by atoms with Crippen molar-refractivity contribution in [3.8, 4) is 0 Å². The van der Waals surface area contributed by atoms with E-state index in [0.717, 1.165) is 25.0 Å². The topological polar surface area (TPSA) is 39.7 Å². The van der Waals surface area contributed by atoms with E-state index in [9.17, 15) is 0 Å². The second-order valence-corrected chi connectivity index (χ2v) is 7.27. The number of hydrogen-bond acceptors (Lipinski definition) is 2. The molecule has 1 aliphatic heterocycles. The Kier molecular flexibility index (Phi) is 5.40. The molecule has 2 fully saturated rings. The van der Waals surface area contributed by atoms with E-state index in [1.165, 1.54) is 51.6 Å². The molecular weight excluding hydrogens is 272 g/mol. The quantitative estimate of drug-likeness (QED) is 0.466. The predicted molar refractivity (Wildman–Crippen MR) is 93.2 cm³/mol. The van der Waals surface area contributed by atoms with Crippen LogP contribution in [0.1, 0.15) is 51.9 Å². The summed E-state index contributed by atoms with van der Waals surface area (Å²) in [6.45, 7) is 5.78. The molecule has 2 N–H and O–H groups in total. The van der Waals surface area contributed by atoms with Crippen LogP contribution in [0, 0.1) is 5.92 Å². The Bertz CT molecular complexity index is 425. The Morgan fingerprint density at radius 3 is 2.86 bits per heavy atom. The fraction of sp³-hybridized carbons (Fsp3) is 0.833. The summed E-state index contributed by atoms with van der Waals surface area (Å²) >= 11 is 0. The molecule has 2 unspecified atom stereocenters. The van der Waals surface area contributed by atoms with Crippen LogP contribution in [0.3, 0.4) is 0 Å². The summed E-state index contributed by atoms with van der Waals surface area (Å²) in [5.41, 5.74) is 1.63. The molecule has 2 atom stereocenters. The Hall–Kier alpha value is -1.03. The van der Waals surface area contributed by atoms with Crippen molar-refractivity contribution in [3.63, 3.8) is 0 Å². The third-order valence-corrected chi connectivity index (χ3v) is 5.37. The molecule has 3 aliphatic rings. The number of rotatable bonds is 5. The van der Waals surface area contributed by atoms with E-state index in [4.69, 9.17) is 0 Å². The van der Waals surface area contributed by atoms with Gasteiger partial charge < -0.3 is 10.6 Å². The highest BCUT2D eigenvalue weighted by molar-refractivity contribution is 5.80. The van der Waals surface area contributed by atoms with E-state index in [2.05, 4.69) is 33.5 Å². The zero-order chi connectivity index (χ0) is 15.4. The van der Waals surface area contributed by atoms with Crippen LogP contribution in [0.15, 0.2) is 16.6 Å². The lowest BCUT2D eigenvalue weighted by molar-refractivity contribution is 0.315. The number of likely N-dealkylation sites (tertiary alicyclic amines) is 1. The SMILES string of the molecule is CN=C(NCCC1=CCCCC1)NC1CN(C2CC2)CC1C. The standard InChI is InChI=1S/C18H32N4/c1-14-12-22(16-8-9-16)13-17(14)21-18(19-2)20-11-10-15-6-4-3-5-7-15/h6,14,16-17H,3-5,7-13H2,1-2H3,(H2,19,20,21). The number of nitrogens with one attached hydrogen (secondary N) is 2. The van der Waals surface area contributed by atoms with E-state index in [1.54, 1.807) is 5.57 Å². The molecule has 4 heteroatoms. The van der Waals surface area contributed by atoms with Crippen LogP contribution < -0.4 is 10.6 Å². The van der Waals surface area contributed by atoms with Gasteiger partial charge in [0.25, 0.3) is 0 Å². The van der Waals surface area contributed by atoms with Crippen LogP contribution in [0.5, 0.6) is 0 Å². The number of hydrogen-bond donors (Lipinski definition) is 2. The van der Waals surface area contributed by atoms with Crippen molar-refractivity contribution in [2.75, 3.05) is 26.7 Å². The molecule has 1 saturated carbocycles. The summed E-state index contributed by atoms with van der Waals surface area (Å²) in [5, 5.41) is 7.15. The number of nitrogens with zero attached hydrogens (tertiary/aromatic N) is 2. The molecule has 1 saturated heterocycles. The summed E-state index contributed by atoms with van der Waals surface area (Å²) in [4.78, 5) is 7.07. The van der Waals surface area contributed by atoms with Crippen molar-refractivity contribution in [3.05, 3.63) is 11.6 Å². The van der Waals surface area contributed by atoms with Crippen LogP contribution in [0.2, 0.25) is 0 Å². The molecule has 0 aromatic carbocycles. The third kappa shape index (κ3) is 4.25. The first-order valence-corrected chi connectivity index (χ1v) is 9.15. The number of aliphatic imine (C=N–C) groups is 1. The Balaban J connectivity index is 1.40. The molecule has 1 heterocycles. The van der Waals surface area contributed by atoms with Crippen LogP contribution >= 0.6 is 0 Å². The first-order valence-electron chi connectivity index (χ1n) is 9.15. The van der Waals surface area contributed by atoms with E-state index >= 15 is 0 Å². The molecule has 4 nitrogen and oxygen atoms in total. The van der Waals surface area contributed by atoms with Gasteiger partial charge in [0.2, 0.25) is 0 Å². The van der Waals surface area contributed by atoms with Gasteiger partial charge in [-0.15, -0.1) is 0 Å². The smallest absolute Gasteiger partial charge is 0.191 e. The summed E-state index contributed by atoms with van der Waals surface area (Å²) < 4.78 is 0. The first-order chi connectivity index (χ1) is 10.8. The van der Waals surface area contributed by atoms with Gasteiger partial charge >= 0.3 is 0 Å². The summed E-state index contributed by atoms with van der Waals surface area (Å²) in [7, 11) is 1.88. The summed E-state index contributed by atoms with van der Waals surface area (Å²) in [6, 6.07) is 1.42. The molecule has 0 amide bonds. The van der Waals surface area contributed by atoms with Gasteiger partial charge in [-0.2, -0.15) is 0 Å². The van der Waals surface area contributed by atoms with Gasteiger partial charge in [-0.1, -0.05) is 18.6 Å². The minimum Gasteiger partial charge on any atom is -0.356 e. The normalized spacial score (nSPS) is 30.3. The third-order valence-electron chi connectivity index (χ3n) is 5.37. The van der Waals surface area contributed by atoms with Gasteiger partial charge in [-0.3, -0.25) is 9.89 Å². The summed E-state index contributed by atoms with van der Waals surface area (Å²) in [5.74, 6) is 1.69. The van der Waals surface area contributed by atoms with E-state index in [-0.39, 0.29) is 0 Å². The van der Waals surface area contributed by atoms with Crippen molar-refractivity contribution in [1.82, 2.24) is 15.5 Å². The molecular formula is C18H32N4. The van der Waals surface area contributed by atoms with Gasteiger partial charge in [0, 0.05) is 38.8 Å². The zero-order valence-corrected chi connectivity index (χ0v) is 14.3. The fourth-order valence-corrected chi connectivity index (χ4v) is 3.77. The van der Waals surface area contributed by atoms with Crippen molar-refractivity contribution in [2.45, 2.75) is 64.0 Å². The molecule has 22 heavy (non-hydrogen) atoms. The molecule has 124 valence electrons. The van der Waals surface area contributed by atoms with Crippen LogP contribution in [0.25, 0.3) is 0 Å². The predicted octanol–water partition coefficient (Wildman–Crippen LogP) is 2.52. The molecule has 3 rings (SSSR count). The maximum Gasteiger partial charge on any atom is 0.191 e. The highest BCUT2D eigenvalue weighted by atomic mass is 15.3. The summed E-state index contributed by atoms with van der Waals surface area (Å²) in [6.07, 6.45) is 11.7. The number of guanidine groups is 1. The Labute approximate surface area is 135 Å². The Morgan fingerprint density at radius 2 is 2.18 bits per heavy atom. The van der Waals surface area contributed by atoms with Crippen LogP contribution in [-0.4, -0.2) is 49.6 Å². The molecule has 0 aromatic rings. The lowest BCUT2D eigenvalue weighted by Gasteiger charge is -2.21. The van der Waals surface area contributed by atoms with E-state index in [1.807, 2.05) is 7.05 Å². The minimum atomic E-state index is 0.542. The lowest BCUT2D eigenvalue weighted by atomic mass is 9.97. The monoisotopic (exact) mass is 304 g/mol. The molecule has 0 bridgehead atoms. The van der Waals surface area contributed by atoms with Gasteiger partial charge in [0.15, 0.2) is 5.96 Å². The second-order valence-electron chi connectivity index (χ2n) is 7.27. The van der Waals surface area contributed by atoms with Crippen LogP contribution in [-0.2, 0) is 0 Å². The van der Waals surface area contributed by atoms with Crippen LogP contribution in [0.4, 0.5) is 0 Å². The fourth-order valence-electron chi connectivity index (χ4n) is 3.77. The first kappa shape index (κ1) is 15.9. The molecule has 0 aromatic heterocycles. The molecule has 0 radical (unpaired) electrons. The van der Waals surface area contributed by atoms with Crippen molar-refractivity contribution in [2.24, 2.45) is 10.9 Å². The van der Waals surface area contributed by atoms with E-state index < -0.39 is 0 Å². The van der Waals surface area contributed by atoms with Gasteiger partial charge in [0.1, 0.15) is 0 Å². The molecule has 2 aliphatic carbocycles. The maximum absolute atomic E-state index is 4.41. The van der Waals surface area contributed by atoms with Gasteiger partial charge in [-0.05, 0) is 50.9 Å².